The summed E-state index contributed by atoms with van der Waals surface area (Å²) in [6.07, 6.45) is -0.268. The summed E-state index contributed by atoms with van der Waals surface area (Å²) in [4.78, 5) is 25.5. The van der Waals surface area contributed by atoms with Gasteiger partial charge in [0.1, 0.15) is 0 Å². The van der Waals surface area contributed by atoms with Gasteiger partial charge in [-0.1, -0.05) is 13.8 Å². The summed E-state index contributed by atoms with van der Waals surface area (Å²) < 4.78 is 34.3. The van der Waals surface area contributed by atoms with Gasteiger partial charge in [0.2, 0.25) is 5.91 Å². The molecule has 0 spiro atoms. The molecule has 162 valence electrons. The number of urea groups is 1. The highest BCUT2D eigenvalue weighted by Crippen LogP contribution is 2.18. The molecular weight excluding hydrogens is 386 g/mol. The molecule has 0 aromatic heterocycles. The summed E-state index contributed by atoms with van der Waals surface area (Å²) >= 11 is 0. The van der Waals surface area contributed by atoms with E-state index in [9.17, 15) is 18.0 Å². The lowest BCUT2D eigenvalue weighted by molar-refractivity contribution is -0.121. The average Bonchev–Trinajstić information content (AvgIpc) is 2.59. The smallest absolute Gasteiger partial charge is 0.321 e. The molecule has 28 heavy (non-hydrogen) atoms. The van der Waals surface area contributed by atoms with Gasteiger partial charge in [-0.3, -0.25) is 15.0 Å². The summed E-state index contributed by atoms with van der Waals surface area (Å²) in [5.41, 5.74) is 0. The van der Waals surface area contributed by atoms with Crippen LogP contribution >= 0.6 is 0 Å². The topological polar surface area (TPSA) is 111 Å². The molecule has 2 fully saturated rings. The Bertz CT molecular complexity index is 638. The van der Waals surface area contributed by atoms with Crippen LogP contribution in [0.15, 0.2) is 0 Å². The lowest BCUT2D eigenvalue weighted by Gasteiger charge is -2.40. The van der Waals surface area contributed by atoms with Crippen molar-refractivity contribution in [3.63, 3.8) is 0 Å². The van der Waals surface area contributed by atoms with Crippen molar-refractivity contribution < 1.29 is 22.7 Å². The number of nitrogens with zero attached hydrogens (tertiary/aromatic N) is 3. The maximum absolute atomic E-state index is 12.9. The van der Waals surface area contributed by atoms with Crippen molar-refractivity contribution in [2.24, 2.45) is 5.92 Å². The number of ether oxygens (including phenoxy) is 1. The Kier molecular flexibility index (Phi) is 8.19. The molecule has 0 radical (unpaired) electrons. The number of hydrogen-bond donors (Lipinski definition) is 2. The van der Waals surface area contributed by atoms with E-state index in [2.05, 4.69) is 10.6 Å². The van der Waals surface area contributed by atoms with Gasteiger partial charge in [0.25, 0.3) is 10.2 Å². The molecule has 10 nitrogen and oxygen atoms in total. The Hall–Kier alpha value is -1.27. The lowest BCUT2D eigenvalue weighted by atomic mass is 10.2. The van der Waals surface area contributed by atoms with Gasteiger partial charge in [-0.05, 0) is 19.8 Å². The van der Waals surface area contributed by atoms with E-state index in [1.54, 1.807) is 0 Å². The second-order valence-electron chi connectivity index (χ2n) is 7.91. The van der Waals surface area contributed by atoms with E-state index >= 15 is 0 Å². The van der Waals surface area contributed by atoms with Gasteiger partial charge in [-0.2, -0.15) is 17.0 Å². The number of carbonyl (C=O) groups excluding carboxylic acids is 2. The van der Waals surface area contributed by atoms with E-state index in [1.807, 2.05) is 32.6 Å². The molecule has 2 atom stereocenters. The molecule has 2 aliphatic rings. The summed E-state index contributed by atoms with van der Waals surface area (Å²) in [5, 5.41) is 4.93. The van der Waals surface area contributed by atoms with Crippen molar-refractivity contribution in [1.29, 1.82) is 0 Å². The van der Waals surface area contributed by atoms with Gasteiger partial charge in [0.05, 0.1) is 18.8 Å². The van der Waals surface area contributed by atoms with Crippen molar-refractivity contribution in [2.75, 3.05) is 52.4 Å². The number of piperazine rings is 1. The highest BCUT2D eigenvalue weighted by Gasteiger charge is 2.36. The molecule has 2 heterocycles. The van der Waals surface area contributed by atoms with Crippen molar-refractivity contribution in [3.8, 4) is 0 Å². The highest BCUT2D eigenvalue weighted by molar-refractivity contribution is 7.86. The van der Waals surface area contributed by atoms with E-state index in [4.69, 9.17) is 4.74 Å². The zero-order valence-corrected chi connectivity index (χ0v) is 18.0. The monoisotopic (exact) mass is 419 g/mol. The van der Waals surface area contributed by atoms with Gasteiger partial charge >= 0.3 is 6.03 Å². The normalized spacial score (nSPS) is 25.6. The molecular formula is C17H33N5O5S. The average molecular weight is 420 g/mol. The predicted octanol–water partition coefficient (Wildman–Crippen LogP) is -0.560. The summed E-state index contributed by atoms with van der Waals surface area (Å²) in [5.74, 6) is -0.0956. The first-order valence-electron chi connectivity index (χ1n) is 9.78. The Labute approximate surface area is 167 Å². The zero-order chi connectivity index (χ0) is 20.9. The molecule has 2 N–H and O–H groups in total. The van der Waals surface area contributed by atoms with Crippen molar-refractivity contribution in [3.05, 3.63) is 0 Å². The largest absolute Gasteiger partial charge is 0.373 e. The number of rotatable bonds is 6. The number of carbonyl (C=O) groups is 2. The Morgan fingerprint density at radius 2 is 1.61 bits per heavy atom. The molecule has 11 heteroatoms. The van der Waals surface area contributed by atoms with Crippen LogP contribution in [0, 0.1) is 5.92 Å². The van der Waals surface area contributed by atoms with Crippen LogP contribution in [0.4, 0.5) is 4.79 Å². The standard InChI is InChI=1S/C17H33N5O5S/c1-13(2)9-18-17(24)19-16(23)12-20-5-7-21(8-6-20)28(25,26)22-10-14(3)27-15(4)11-22/h13-15H,5-12H2,1-4H3,(H2,18,19,23,24). The predicted molar refractivity (Wildman–Crippen MR) is 105 cm³/mol. The van der Waals surface area contributed by atoms with Crippen LogP contribution in [-0.4, -0.2) is 98.4 Å². The second kappa shape index (κ2) is 9.97. The fourth-order valence-electron chi connectivity index (χ4n) is 3.31. The molecule has 0 aromatic carbocycles. The third kappa shape index (κ3) is 6.66. The van der Waals surface area contributed by atoms with Gasteiger partial charge in [-0.25, -0.2) is 4.79 Å². The Morgan fingerprint density at radius 3 is 2.14 bits per heavy atom. The number of hydrogen-bond acceptors (Lipinski definition) is 6. The minimum Gasteiger partial charge on any atom is -0.373 e. The van der Waals surface area contributed by atoms with Crippen LogP contribution in [0.5, 0.6) is 0 Å². The van der Waals surface area contributed by atoms with Crippen molar-refractivity contribution >= 4 is 22.1 Å². The molecule has 2 saturated heterocycles. The van der Waals surface area contributed by atoms with Gasteiger partial charge in [0, 0.05) is 45.8 Å². The molecule has 2 unspecified atom stereocenters. The van der Waals surface area contributed by atoms with Gasteiger partial charge < -0.3 is 10.1 Å². The molecule has 2 aliphatic heterocycles. The maximum Gasteiger partial charge on any atom is 0.321 e. The molecule has 0 aliphatic carbocycles. The maximum atomic E-state index is 12.9. The van der Waals surface area contributed by atoms with E-state index in [-0.39, 0.29) is 18.8 Å². The molecule has 0 bridgehead atoms. The molecule has 2 rings (SSSR count). The SMILES string of the molecule is CC(C)CNC(=O)NC(=O)CN1CCN(S(=O)(=O)N2CC(C)OC(C)C2)CC1. The van der Waals surface area contributed by atoms with Crippen LogP contribution in [0.25, 0.3) is 0 Å². The van der Waals surface area contributed by atoms with Crippen molar-refractivity contribution in [2.45, 2.75) is 39.9 Å². The van der Waals surface area contributed by atoms with Crippen LogP contribution in [0.3, 0.4) is 0 Å². The second-order valence-corrected chi connectivity index (χ2v) is 9.84. The first-order chi connectivity index (χ1) is 13.1. The quantitative estimate of drug-likeness (QED) is 0.597. The summed E-state index contributed by atoms with van der Waals surface area (Å²) in [6.45, 7) is 10.4. The van der Waals surface area contributed by atoms with Crippen LogP contribution < -0.4 is 10.6 Å². The Balaban J connectivity index is 1.79. The van der Waals surface area contributed by atoms with E-state index < -0.39 is 22.1 Å². The van der Waals surface area contributed by atoms with E-state index in [0.29, 0.717) is 51.7 Å². The van der Waals surface area contributed by atoms with Crippen LogP contribution in [0.2, 0.25) is 0 Å². The fraction of sp³-hybridized carbons (Fsp3) is 0.882. The number of nitrogens with one attached hydrogen (secondary N) is 2. The minimum absolute atomic E-state index is 0.0641. The minimum atomic E-state index is -3.54. The first kappa shape index (κ1) is 23.0. The van der Waals surface area contributed by atoms with Gasteiger partial charge in [0.15, 0.2) is 0 Å². The zero-order valence-electron chi connectivity index (χ0n) is 17.2. The third-order valence-corrected chi connectivity index (χ3v) is 6.63. The van der Waals surface area contributed by atoms with Crippen LogP contribution in [-0.2, 0) is 19.7 Å². The van der Waals surface area contributed by atoms with E-state index in [0.717, 1.165) is 0 Å². The van der Waals surface area contributed by atoms with Crippen LogP contribution in [0.1, 0.15) is 27.7 Å². The third-order valence-electron chi connectivity index (χ3n) is 4.66. The molecule has 0 saturated carbocycles. The highest BCUT2D eigenvalue weighted by atomic mass is 32.2. The van der Waals surface area contributed by atoms with E-state index in [1.165, 1.54) is 8.61 Å². The number of amides is 3. The fourth-order valence-corrected chi connectivity index (χ4v) is 5.06. The number of morpholine rings is 1. The lowest BCUT2D eigenvalue weighted by Crippen LogP contribution is -2.58. The van der Waals surface area contributed by atoms with Crippen molar-refractivity contribution in [1.82, 2.24) is 24.1 Å². The summed E-state index contributed by atoms with van der Waals surface area (Å²) in [6, 6.07) is -0.504. The molecule has 0 aromatic rings. The first-order valence-corrected chi connectivity index (χ1v) is 11.2. The van der Waals surface area contributed by atoms with Gasteiger partial charge in [-0.15, -0.1) is 0 Å². The number of imide groups is 1. The summed E-state index contributed by atoms with van der Waals surface area (Å²) in [7, 11) is -3.54. The Morgan fingerprint density at radius 1 is 1.04 bits per heavy atom. The molecule has 3 amide bonds.